The van der Waals surface area contributed by atoms with Crippen LogP contribution in [0.3, 0.4) is 0 Å². The number of hydrogen-bond donors (Lipinski definition) is 0. The van der Waals surface area contributed by atoms with Crippen LogP contribution >= 0.6 is 11.3 Å². The fourth-order valence-corrected chi connectivity index (χ4v) is 8.37. The van der Waals surface area contributed by atoms with Crippen LogP contribution in [0.25, 0.3) is 16.1 Å². The van der Waals surface area contributed by atoms with Crippen molar-refractivity contribution in [3.63, 3.8) is 0 Å². The first kappa shape index (κ1) is 35.0. The molecule has 254 valence electrons. The number of piperidine rings is 1. The smallest absolute Gasteiger partial charge is 0.410 e. The SMILES string of the molecule is CC(C)(C)OC(=O)N1[C@@H]2CC[C@H]1CC(c1cc(N(COCC[Si](C)(C)C)COCC[Si](C)(C)C)n3ncc(-c4cncs4)c3n1)C2. The van der Waals surface area contributed by atoms with Gasteiger partial charge in [0.15, 0.2) is 5.65 Å². The fourth-order valence-electron chi connectivity index (χ4n) is 6.23. The number of nitrogens with zero attached hydrogens (tertiary/aromatic N) is 6. The van der Waals surface area contributed by atoms with Gasteiger partial charge in [-0.2, -0.15) is 9.61 Å². The fraction of sp³-hybridized carbons (Fsp3) is 0.697. The van der Waals surface area contributed by atoms with E-state index in [2.05, 4.69) is 55.2 Å². The lowest BCUT2D eigenvalue weighted by molar-refractivity contribution is 0.00569. The molecule has 2 bridgehead atoms. The van der Waals surface area contributed by atoms with E-state index in [1.54, 1.807) is 11.3 Å². The summed E-state index contributed by atoms with van der Waals surface area (Å²) in [4.78, 5) is 28.0. The Kier molecular flexibility index (Phi) is 10.7. The van der Waals surface area contributed by atoms with Crippen molar-refractivity contribution in [1.29, 1.82) is 0 Å². The van der Waals surface area contributed by atoms with Gasteiger partial charge in [0, 0.05) is 65.3 Å². The van der Waals surface area contributed by atoms with E-state index in [4.69, 9.17) is 24.3 Å². The molecule has 10 nitrogen and oxygen atoms in total. The maximum absolute atomic E-state index is 13.2. The van der Waals surface area contributed by atoms with E-state index in [1.807, 2.05) is 48.1 Å². The van der Waals surface area contributed by atoms with Crippen LogP contribution in [0.1, 0.15) is 58.1 Å². The first-order valence-corrected chi connectivity index (χ1v) is 25.1. The van der Waals surface area contributed by atoms with Crippen LogP contribution in [0.5, 0.6) is 0 Å². The number of carbonyl (C=O) groups is 1. The zero-order valence-electron chi connectivity index (χ0n) is 29.3. The molecule has 13 heteroatoms. The molecule has 0 spiro atoms. The highest BCUT2D eigenvalue weighted by Crippen LogP contribution is 2.44. The van der Waals surface area contributed by atoms with Crippen LogP contribution in [0.4, 0.5) is 10.6 Å². The summed E-state index contributed by atoms with van der Waals surface area (Å²) in [6.07, 6.45) is 7.30. The molecule has 3 aromatic heterocycles. The molecular weight excluding hydrogens is 633 g/mol. The maximum atomic E-state index is 13.2. The monoisotopic (exact) mass is 686 g/mol. The molecule has 1 unspecified atom stereocenters. The van der Waals surface area contributed by atoms with Gasteiger partial charge >= 0.3 is 6.09 Å². The highest BCUT2D eigenvalue weighted by molar-refractivity contribution is 7.13. The Morgan fingerprint density at radius 2 is 1.59 bits per heavy atom. The lowest BCUT2D eigenvalue weighted by Crippen LogP contribution is -2.48. The van der Waals surface area contributed by atoms with Crippen molar-refractivity contribution in [3.05, 3.63) is 29.7 Å². The lowest BCUT2D eigenvalue weighted by Gasteiger charge is -2.39. The van der Waals surface area contributed by atoms with E-state index in [9.17, 15) is 4.79 Å². The van der Waals surface area contributed by atoms with Gasteiger partial charge in [-0.25, -0.2) is 9.78 Å². The highest BCUT2D eigenvalue weighted by atomic mass is 32.1. The molecule has 2 aliphatic rings. The van der Waals surface area contributed by atoms with Crippen LogP contribution in [-0.4, -0.2) is 91.1 Å². The molecule has 3 atom stereocenters. The summed E-state index contributed by atoms with van der Waals surface area (Å²) in [6, 6.07) is 4.69. The molecule has 0 saturated carbocycles. The van der Waals surface area contributed by atoms with Gasteiger partial charge < -0.3 is 24.0 Å². The summed E-state index contributed by atoms with van der Waals surface area (Å²) in [5.74, 6) is 1.13. The Hall–Kier alpha value is -2.33. The van der Waals surface area contributed by atoms with E-state index in [-0.39, 0.29) is 24.1 Å². The van der Waals surface area contributed by atoms with Crippen molar-refractivity contribution < 1.29 is 19.0 Å². The normalized spacial score (nSPS) is 20.5. The minimum absolute atomic E-state index is 0.150. The topological polar surface area (TPSA) is 94.3 Å². The van der Waals surface area contributed by atoms with Crippen molar-refractivity contribution >= 4 is 45.0 Å². The molecule has 5 rings (SSSR count). The Labute approximate surface area is 280 Å². The zero-order valence-corrected chi connectivity index (χ0v) is 32.2. The second kappa shape index (κ2) is 14.0. The lowest BCUT2D eigenvalue weighted by atomic mass is 9.88. The summed E-state index contributed by atoms with van der Waals surface area (Å²) >= 11 is 1.59. The molecular formula is C33H54N6O4SSi2. The molecule has 2 fully saturated rings. The van der Waals surface area contributed by atoms with Crippen molar-refractivity contribution in [2.75, 3.05) is 31.6 Å². The number of hydrogen-bond acceptors (Lipinski definition) is 9. The van der Waals surface area contributed by atoms with Gasteiger partial charge in [-0.05, 0) is 58.5 Å². The van der Waals surface area contributed by atoms with Crippen LogP contribution in [0.2, 0.25) is 51.4 Å². The first-order chi connectivity index (χ1) is 21.6. The number of aromatic nitrogens is 4. The molecule has 1 amide bonds. The number of fused-ring (bicyclic) bond motifs is 3. The largest absolute Gasteiger partial charge is 0.444 e. The molecule has 0 aliphatic carbocycles. The minimum Gasteiger partial charge on any atom is -0.444 e. The van der Waals surface area contributed by atoms with Gasteiger partial charge in [-0.15, -0.1) is 11.3 Å². The van der Waals surface area contributed by atoms with E-state index in [0.29, 0.717) is 13.5 Å². The number of amides is 1. The minimum atomic E-state index is -1.24. The third-order valence-corrected chi connectivity index (χ3v) is 13.0. The Bertz CT molecular complexity index is 1430. The molecule has 0 N–H and O–H groups in total. The Morgan fingerprint density at radius 3 is 2.11 bits per heavy atom. The summed E-state index contributed by atoms with van der Waals surface area (Å²) in [5.41, 5.74) is 4.15. The number of ether oxygens (including phenoxy) is 3. The summed E-state index contributed by atoms with van der Waals surface area (Å²) in [5, 5.41) is 4.85. The summed E-state index contributed by atoms with van der Waals surface area (Å²) in [6.45, 7) is 22.3. The molecule has 0 aromatic carbocycles. The van der Waals surface area contributed by atoms with Gasteiger partial charge in [0.1, 0.15) is 24.9 Å². The third-order valence-electron chi connectivity index (χ3n) is 8.74. The predicted octanol–water partition coefficient (Wildman–Crippen LogP) is 7.93. The number of anilines is 1. The Balaban J connectivity index is 1.47. The van der Waals surface area contributed by atoms with Crippen LogP contribution in [0.15, 0.2) is 24.0 Å². The predicted molar refractivity (Wildman–Crippen MR) is 191 cm³/mol. The standard InChI is InChI=1S/C33H54N6O4SSi2/c1-33(2,3)43-32(40)38-25-10-11-26(38)17-24(16-25)28-18-30(39-31(36-28)27(19-35-39)29-20-34-21-44-29)37(22-41-12-14-45(4,5)6)23-42-13-15-46(7,8)9/h18-21,24-26H,10-17,22-23H2,1-9H3/t24?,25-,26+. The van der Waals surface area contributed by atoms with E-state index in [1.165, 1.54) is 0 Å². The van der Waals surface area contributed by atoms with Crippen LogP contribution in [0, 0.1) is 0 Å². The molecule has 46 heavy (non-hydrogen) atoms. The van der Waals surface area contributed by atoms with Crippen LogP contribution < -0.4 is 4.90 Å². The number of carbonyl (C=O) groups excluding carboxylic acids is 1. The van der Waals surface area contributed by atoms with Gasteiger partial charge in [-0.3, -0.25) is 4.98 Å². The first-order valence-electron chi connectivity index (χ1n) is 16.8. The molecule has 0 radical (unpaired) electrons. The van der Waals surface area contributed by atoms with Crippen molar-refractivity contribution in [2.45, 2.75) is 121 Å². The molecule has 2 aliphatic heterocycles. The molecule has 5 heterocycles. The number of thiazole rings is 1. The molecule has 3 aromatic rings. The second-order valence-corrected chi connectivity index (χ2v) is 28.5. The van der Waals surface area contributed by atoms with E-state index < -0.39 is 21.7 Å². The summed E-state index contributed by atoms with van der Waals surface area (Å²) < 4.78 is 20.4. The quantitative estimate of drug-likeness (QED) is 0.102. The van der Waals surface area contributed by atoms with Gasteiger partial charge in [0.25, 0.3) is 0 Å². The van der Waals surface area contributed by atoms with Gasteiger partial charge in [0.2, 0.25) is 0 Å². The maximum Gasteiger partial charge on any atom is 0.410 e. The highest BCUT2D eigenvalue weighted by Gasteiger charge is 2.45. The zero-order chi connectivity index (χ0) is 33.3. The summed E-state index contributed by atoms with van der Waals surface area (Å²) in [7, 11) is -2.47. The van der Waals surface area contributed by atoms with E-state index in [0.717, 1.165) is 78.6 Å². The number of rotatable bonds is 13. The van der Waals surface area contributed by atoms with Crippen molar-refractivity contribution in [1.82, 2.24) is 24.5 Å². The second-order valence-electron chi connectivity index (χ2n) is 16.4. The van der Waals surface area contributed by atoms with Gasteiger partial charge in [-0.1, -0.05) is 39.3 Å². The van der Waals surface area contributed by atoms with E-state index >= 15 is 0 Å². The average molecular weight is 687 g/mol. The average Bonchev–Trinajstić information content (AvgIpc) is 3.67. The van der Waals surface area contributed by atoms with Crippen molar-refractivity contribution in [2.24, 2.45) is 0 Å². The van der Waals surface area contributed by atoms with Gasteiger partial charge in [0.05, 0.1) is 22.1 Å². The molecule has 2 saturated heterocycles. The third kappa shape index (κ3) is 8.97. The van der Waals surface area contributed by atoms with Crippen molar-refractivity contribution in [3.8, 4) is 10.4 Å². The van der Waals surface area contributed by atoms with Crippen LogP contribution in [-0.2, 0) is 14.2 Å². The Morgan fingerprint density at radius 1 is 0.978 bits per heavy atom.